The summed E-state index contributed by atoms with van der Waals surface area (Å²) in [4.78, 5) is 16.0. The molecular formula is C22H16N2O2. The van der Waals surface area contributed by atoms with E-state index < -0.39 is 5.60 Å². The molecule has 0 amide bonds. The van der Waals surface area contributed by atoms with Gasteiger partial charge in [0, 0.05) is 39.5 Å². The van der Waals surface area contributed by atoms with Gasteiger partial charge < -0.3 is 15.5 Å². The first kappa shape index (κ1) is 14.8. The van der Waals surface area contributed by atoms with Gasteiger partial charge in [0.1, 0.15) is 0 Å². The number of aromatic nitrogens is 1. The van der Waals surface area contributed by atoms with Crippen molar-refractivity contribution < 1.29 is 9.53 Å². The summed E-state index contributed by atoms with van der Waals surface area (Å²) >= 11 is 0. The van der Waals surface area contributed by atoms with Crippen molar-refractivity contribution in [3.05, 3.63) is 101 Å². The van der Waals surface area contributed by atoms with Crippen LogP contribution >= 0.6 is 0 Å². The Bertz CT molecular complexity index is 1160. The number of para-hydroxylation sites is 1. The monoisotopic (exact) mass is 340 g/mol. The molecule has 0 saturated carbocycles. The number of nitrogens with two attached hydrogens (primary N) is 1. The molecule has 0 saturated heterocycles. The predicted octanol–water partition coefficient (Wildman–Crippen LogP) is 4.21. The second-order valence-corrected chi connectivity index (χ2v) is 6.49. The lowest BCUT2D eigenvalue weighted by atomic mass is 9.79. The number of cyclic esters (lactones) is 1. The Labute approximate surface area is 150 Å². The lowest BCUT2D eigenvalue weighted by Crippen LogP contribution is -2.29. The molecule has 1 unspecified atom stereocenters. The molecule has 1 atom stereocenters. The Morgan fingerprint density at radius 1 is 0.885 bits per heavy atom. The maximum Gasteiger partial charge on any atom is 0.340 e. The number of carbonyl (C=O) groups is 1. The number of fused-ring (bicyclic) bond motifs is 2. The number of nitrogens with one attached hydrogen (secondary N) is 1. The number of hydrogen-bond donors (Lipinski definition) is 2. The molecule has 4 aromatic rings. The number of anilines is 1. The molecule has 1 aliphatic heterocycles. The largest absolute Gasteiger partial charge is 0.440 e. The molecule has 0 radical (unpaired) electrons. The van der Waals surface area contributed by atoms with Crippen molar-refractivity contribution in [3.8, 4) is 0 Å². The maximum absolute atomic E-state index is 12.7. The molecule has 2 heterocycles. The summed E-state index contributed by atoms with van der Waals surface area (Å²) in [5, 5.41) is 1.01. The number of H-pyrrole nitrogens is 1. The summed E-state index contributed by atoms with van der Waals surface area (Å²) in [6.45, 7) is 0. The topological polar surface area (TPSA) is 68.1 Å². The van der Waals surface area contributed by atoms with Crippen LogP contribution in [0.25, 0.3) is 10.9 Å². The van der Waals surface area contributed by atoms with E-state index in [1.165, 1.54) is 0 Å². The number of hydrogen-bond acceptors (Lipinski definition) is 3. The van der Waals surface area contributed by atoms with E-state index in [0.29, 0.717) is 11.3 Å². The third kappa shape index (κ3) is 1.87. The number of benzene rings is 3. The van der Waals surface area contributed by atoms with Gasteiger partial charge in [-0.25, -0.2) is 4.79 Å². The molecule has 5 rings (SSSR count). The molecule has 4 heteroatoms. The Hall–Kier alpha value is -3.53. The molecule has 26 heavy (non-hydrogen) atoms. The molecule has 1 aliphatic rings. The SMILES string of the molecule is Nc1cccc(C2(c3c[nH]c4ccccc34)OC(=O)c3ccccc32)c1. The van der Waals surface area contributed by atoms with Crippen LogP contribution in [0.5, 0.6) is 0 Å². The average molecular weight is 340 g/mol. The van der Waals surface area contributed by atoms with Gasteiger partial charge in [0.15, 0.2) is 5.60 Å². The van der Waals surface area contributed by atoms with E-state index in [-0.39, 0.29) is 5.97 Å². The van der Waals surface area contributed by atoms with Crippen LogP contribution < -0.4 is 5.73 Å². The zero-order valence-corrected chi connectivity index (χ0v) is 13.9. The summed E-state index contributed by atoms with van der Waals surface area (Å²) in [7, 11) is 0. The zero-order chi connectivity index (χ0) is 17.7. The summed E-state index contributed by atoms with van der Waals surface area (Å²) in [6, 6.07) is 23.1. The van der Waals surface area contributed by atoms with E-state index >= 15 is 0 Å². The van der Waals surface area contributed by atoms with E-state index in [1.54, 1.807) is 6.07 Å². The first-order valence-electron chi connectivity index (χ1n) is 8.45. The van der Waals surface area contributed by atoms with Crippen LogP contribution in [0.15, 0.2) is 79.0 Å². The number of aromatic amines is 1. The Morgan fingerprint density at radius 2 is 1.69 bits per heavy atom. The predicted molar refractivity (Wildman–Crippen MR) is 101 cm³/mol. The number of ether oxygens (including phenoxy) is 1. The minimum absolute atomic E-state index is 0.326. The van der Waals surface area contributed by atoms with E-state index in [0.717, 1.165) is 27.6 Å². The minimum Gasteiger partial charge on any atom is -0.440 e. The van der Waals surface area contributed by atoms with Crippen molar-refractivity contribution in [2.45, 2.75) is 5.60 Å². The van der Waals surface area contributed by atoms with Gasteiger partial charge in [-0.2, -0.15) is 0 Å². The quantitative estimate of drug-likeness (QED) is 0.424. The molecule has 0 spiro atoms. The van der Waals surface area contributed by atoms with E-state index in [2.05, 4.69) is 4.98 Å². The van der Waals surface area contributed by atoms with Crippen LogP contribution in [0.2, 0.25) is 0 Å². The lowest BCUT2D eigenvalue weighted by Gasteiger charge is -2.29. The molecule has 0 fully saturated rings. The van der Waals surface area contributed by atoms with Gasteiger partial charge in [-0.05, 0) is 24.3 Å². The van der Waals surface area contributed by atoms with Crippen LogP contribution in [0.1, 0.15) is 27.0 Å². The van der Waals surface area contributed by atoms with Crippen LogP contribution in [-0.4, -0.2) is 11.0 Å². The molecule has 4 nitrogen and oxygen atoms in total. The van der Waals surface area contributed by atoms with Gasteiger partial charge in [0.05, 0.1) is 5.56 Å². The normalized spacial score (nSPS) is 18.7. The summed E-state index contributed by atoms with van der Waals surface area (Å²) in [5.74, 6) is -0.326. The molecule has 0 bridgehead atoms. The van der Waals surface area contributed by atoms with Crippen molar-refractivity contribution >= 4 is 22.6 Å². The summed E-state index contributed by atoms with van der Waals surface area (Å²) in [6.07, 6.45) is 1.92. The maximum atomic E-state index is 12.7. The van der Waals surface area contributed by atoms with E-state index in [4.69, 9.17) is 10.5 Å². The molecule has 3 N–H and O–H groups in total. The Morgan fingerprint density at radius 3 is 2.58 bits per heavy atom. The lowest BCUT2D eigenvalue weighted by molar-refractivity contribution is 0.0256. The summed E-state index contributed by atoms with van der Waals surface area (Å²) in [5.41, 5.74) is 9.80. The van der Waals surface area contributed by atoms with Gasteiger partial charge in [-0.15, -0.1) is 0 Å². The number of esters is 1. The fourth-order valence-electron chi connectivity index (χ4n) is 3.91. The highest BCUT2D eigenvalue weighted by Gasteiger charge is 2.49. The first-order valence-corrected chi connectivity index (χ1v) is 8.45. The molecule has 3 aromatic carbocycles. The van der Waals surface area contributed by atoms with Crippen molar-refractivity contribution in [1.29, 1.82) is 0 Å². The standard InChI is InChI=1S/C22H16N2O2/c23-15-7-5-6-14(12-15)22(18-10-3-1-9-17(18)21(25)26-22)19-13-24-20-11-4-2-8-16(19)20/h1-13,24H,23H2. The van der Waals surface area contributed by atoms with Crippen LogP contribution in [0.3, 0.4) is 0 Å². The second kappa shape index (κ2) is 5.23. The highest BCUT2D eigenvalue weighted by Crippen LogP contribution is 2.49. The third-order valence-corrected chi connectivity index (χ3v) is 5.03. The molecular weight excluding hydrogens is 324 g/mol. The van der Waals surface area contributed by atoms with Crippen LogP contribution in [0, 0.1) is 0 Å². The molecule has 1 aromatic heterocycles. The van der Waals surface area contributed by atoms with Crippen molar-refractivity contribution in [1.82, 2.24) is 4.98 Å². The highest BCUT2D eigenvalue weighted by atomic mass is 16.6. The smallest absolute Gasteiger partial charge is 0.340 e. The van der Waals surface area contributed by atoms with Gasteiger partial charge in [-0.3, -0.25) is 0 Å². The van der Waals surface area contributed by atoms with Gasteiger partial charge in [0.25, 0.3) is 0 Å². The summed E-state index contributed by atoms with van der Waals surface area (Å²) < 4.78 is 6.10. The van der Waals surface area contributed by atoms with Gasteiger partial charge in [0.2, 0.25) is 0 Å². The first-order chi connectivity index (χ1) is 12.7. The van der Waals surface area contributed by atoms with Gasteiger partial charge >= 0.3 is 5.97 Å². The van der Waals surface area contributed by atoms with Crippen molar-refractivity contribution in [2.75, 3.05) is 5.73 Å². The highest BCUT2D eigenvalue weighted by molar-refractivity contribution is 5.98. The number of nitrogen functional groups attached to an aromatic ring is 1. The van der Waals surface area contributed by atoms with E-state index in [9.17, 15) is 4.79 Å². The second-order valence-electron chi connectivity index (χ2n) is 6.49. The van der Waals surface area contributed by atoms with Crippen LogP contribution in [-0.2, 0) is 10.3 Å². The van der Waals surface area contributed by atoms with Crippen molar-refractivity contribution in [3.63, 3.8) is 0 Å². The van der Waals surface area contributed by atoms with Crippen LogP contribution in [0.4, 0.5) is 5.69 Å². The van der Waals surface area contributed by atoms with Crippen molar-refractivity contribution in [2.24, 2.45) is 0 Å². The fraction of sp³-hybridized carbons (Fsp3) is 0.0455. The van der Waals surface area contributed by atoms with E-state index in [1.807, 2.05) is 72.9 Å². The number of carbonyl (C=O) groups excluding carboxylic acids is 1. The Kier molecular flexibility index (Phi) is 2.97. The Balaban J connectivity index is 1.91. The molecule has 0 aliphatic carbocycles. The molecule has 126 valence electrons. The fourth-order valence-corrected chi connectivity index (χ4v) is 3.91. The van der Waals surface area contributed by atoms with Gasteiger partial charge in [-0.1, -0.05) is 48.5 Å². The number of rotatable bonds is 2. The average Bonchev–Trinajstić information content (AvgIpc) is 3.22. The minimum atomic E-state index is -1.03. The zero-order valence-electron chi connectivity index (χ0n) is 13.9. The third-order valence-electron chi connectivity index (χ3n) is 5.03.